The number of guanidine groups is 1. The van der Waals surface area contributed by atoms with Crippen molar-refractivity contribution in [1.82, 2.24) is 15.1 Å². The molecule has 6 heteroatoms. The van der Waals surface area contributed by atoms with Gasteiger partial charge in [0.1, 0.15) is 0 Å². The fraction of sp³-hybridized carbons (Fsp3) is 0.667. The molecule has 1 N–H and O–H groups in total. The summed E-state index contributed by atoms with van der Waals surface area (Å²) in [6, 6.07) is 6.28. The van der Waals surface area contributed by atoms with Crippen molar-refractivity contribution in [2.45, 2.75) is 39.3 Å². The summed E-state index contributed by atoms with van der Waals surface area (Å²) >= 11 is 0. The van der Waals surface area contributed by atoms with Crippen molar-refractivity contribution in [2.24, 2.45) is 10.4 Å². The summed E-state index contributed by atoms with van der Waals surface area (Å²) in [6.45, 7) is 10.9. The third-order valence-corrected chi connectivity index (χ3v) is 6.22. The Hall–Kier alpha value is -1.95. The first-order valence-corrected chi connectivity index (χ1v) is 9.45. The van der Waals surface area contributed by atoms with E-state index >= 15 is 0 Å². The topological polar surface area (TPSA) is 49.3 Å². The molecule has 0 aromatic heterocycles. The van der Waals surface area contributed by atoms with E-state index in [9.17, 15) is 0 Å². The average molecular weight is 377 g/mol. The number of methoxy groups -OCH3 is 2. The number of likely N-dealkylation sites (N-methyl/N-ethyl adjacent to an activating group) is 1. The fourth-order valence-corrected chi connectivity index (χ4v) is 3.54. The third kappa shape index (κ3) is 4.00. The summed E-state index contributed by atoms with van der Waals surface area (Å²) in [6.07, 6.45) is 0. The summed E-state index contributed by atoms with van der Waals surface area (Å²) in [5, 5.41) is 3.57. The highest BCUT2D eigenvalue weighted by molar-refractivity contribution is 5.82. The molecule has 0 radical (unpaired) electrons. The van der Waals surface area contributed by atoms with E-state index in [1.54, 1.807) is 14.2 Å². The molecule has 1 fully saturated rings. The van der Waals surface area contributed by atoms with Crippen LogP contribution in [-0.2, 0) is 0 Å². The SMILES string of the molecule is CN=C(NCC(c1ccc(OC)c(OC)c1)N(C)C)N1CC(C)(C)C1(C)C. The molecule has 1 heterocycles. The van der Waals surface area contributed by atoms with Crippen molar-refractivity contribution >= 4 is 5.96 Å². The van der Waals surface area contributed by atoms with E-state index < -0.39 is 0 Å². The van der Waals surface area contributed by atoms with E-state index in [0.29, 0.717) is 0 Å². The normalized spacial score (nSPS) is 19.5. The minimum atomic E-state index is 0.0752. The molecule has 0 aliphatic carbocycles. The predicted molar refractivity (Wildman–Crippen MR) is 112 cm³/mol. The number of rotatable bonds is 6. The Morgan fingerprint density at radius 3 is 2.26 bits per heavy atom. The lowest BCUT2D eigenvalue weighted by Crippen LogP contribution is -2.72. The second-order valence-corrected chi connectivity index (χ2v) is 8.55. The van der Waals surface area contributed by atoms with Gasteiger partial charge in [0, 0.05) is 31.1 Å². The van der Waals surface area contributed by atoms with Crippen LogP contribution in [0.1, 0.15) is 39.3 Å². The zero-order valence-electron chi connectivity index (χ0n) is 18.4. The van der Waals surface area contributed by atoms with Gasteiger partial charge < -0.3 is 24.6 Å². The number of likely N-dealkylation sites (tertiary alicyclic amines) is 1. The van der Waals surface area contributed by atoms with Gasteiger partial charge in [-0.05, 0) is 45.6 Å². The monoisotopic (exact) mass is 376 g/mol. The smallest absolute Gasteiger partial charge is 0.194 e. The van der Waals surface area contributed by atoms with Crippen molar-refractivity contribution in [1.29, 1.82) is 0 Å². The summed E-state index contributed by atoms with van der Waals surface area (Å²) in [7, 11) is 9.35. The molecular formula is C21H36N4O2. The van der Waals surface area contributed by atoms with Crippen molar-refractivity contribution in [3.05, 3.63) is 23.8 Å². The van der Waals surface area contributed by atoms with Gasteiger partial charge in [0.15, 0.2) is 17.5 Å². The van der Waals surface area contributed by atoms with Crippen LogP contribution in [-0.4, -0.2) is 69.8 Å². The maximum absolute atomic E-state index is 5.47. The van der Waals surface area contributed by atoms with Crippen molar-refractivity contribution in [3.8, 4) is 11.5 Å². The number of nitrogens with zero attached hydrogens (tertiary/aromatic N) is 3. The van der Waals surface area contributed by atoms with E-state index in [4.69, 9.17) is 9.47 Å². The molecule has 1 aliphatic rings. The molecule has 0 spiro atoms. The Morgan fingerprint density at radius 2 is 1.81 bits per heavy atom. The molecule has 1 saturated heterocycles. The van der Waals surface area contributed by atoms with Gasteiger partial charge in [-0.15, -0.1) is 0 Å². The molecular weight excluding hydrogens is 340 g/mol. The Labute approximate surface area is 164 Å². The Morgan fingerprint density at radius 1 is 1.19 bits per heavy atom. The summed E-state index contributed by atoms with van der Waals surface area (Å²) in [5.41, 5.74) is 1.52. The standard InChI is InChI=1S/C21H36N4O2/c1-20(2)14-25(21(20,3)4)19(22-5)23-13-16(24(6)7)15-10-11-17(26-8)18(12-15)27-9/h10-12,16H,13-14H2,1-9H3,(H,22,23). The first-order chi connectivity index (χ1) is 12.6. The molecule has 0 saturated carbocycles. The highest BCUT2D eigenvalue weighted by Gasteiger charge is 2.53. The van der Waals surface area contributed by atoms with Gasteiger partial charge in [0.05, 0.1) is 20.3 Å². The highest BCUT2D eigenvalue weighted by atomic mass is 16.5. The maximum Gasteiger partial charge on any atom is 0.194 e. The van der Waals surface area contributed by atoms with Crippen LogP contribution in [0.15, 0.2) is 23.2 Å². The van der Waals surface area contributed by atoms with E-state index in [-0.39, 0.29) is 17.0 Å². The van der Waals surface area contributed by atoms with Crippen LogP contribution in [0.25, 0.3) is 0 Å². The van der Waals surface area contributed by atoms with Gasteiger partial charge >= 0.3 is 0 Å². The largest absolute Gasteiger partial charge is 0.493 e. The predicted octanol–water partition coefficient (Wildman–Crippen LogP) is 3.00. The second-order valence-electron chi connectivity index (χ2n) is 8.55. The van der Waals surface area contributed by atoms with Crippen molar-refractivity contribution in [2.75, 3.05) is 48.5 Å². The van der Waals surface area contributed by atoms with E-state index in [0.717, 1.165) is 30.5 Å². The van der Waals surface area contributed by atoms with Gasteiger partial charge in [-0.3, -0.25) is 4.99 Å². The van der Waals surface area contributed by atoms with E-state index in [1.807, 2.05) is 19.2 Å². The quantitative estimate of drug-likeness (QED) is 0.611. The number of hydrogen-bond acceptors (Lipinski definition) is 4. The molecule has 27 heavy (non-hydrogen) atoms. The van der Waals surface area contributed by atoms with Crippen LogP contribution in [0, 0.1) is 5.41 Å². The van der Waals surface area contributed by atoms with Gasteiger partial charge in [0.25, 0.3) is 0 Å². The molecule has 6 nitrogen and oxygen atoms in total. The van der Waals surface area contributed by atoms with Gasteiger partial charge in [-0.1, -0.05) is 19.9 Å². The number of hydrogen-bond donors (Lipinski definition) is 1. The first kappa shape index (κ1) is 21.4. The Bertz CT molecular complexity index is 683. The zero-order chi connectivity index (χ0) is 20.4. The zero-order valence-corrected chi connectivity index (χ0v) is 18.4. The first-order valence-electron chi connectivity index (χ1n) is 9.45. The van der Waals surface area contributed by atoms with E-state index in [2.05, 4.69) is 68.0 Å². The molecule has 0 amide bonds. The molecule has 0 bridgehead atoms. The highest BCUT2D eigenvalue weighted by Crippen LogP contribution is 2.46. The van der Waals surface area contributed by atoms with Gasteiger partial charge in [-0.2, -0.15) is 0 Å². The number of ether oxygens (including phenoxy) is 2. The van der Waals surface area contributed by atoms with E-state index in [1.165, 1.54) is 5.56 Å². The number of benzene rings is 1. The molecule has 1 aromatic carbocycles. The van der Waals surface area contributed by atoms with Crippen LogP contribution >= 0.6 is 0 Å². The molecule has 1 unspecified atom stereocenters. The summed E-state index contributed by atoms with van der Waals surface area (Å²) in [5.74, 6) is 2.44. The molecule has 1 aliphatic heterocycles. The number of nitrogens with one attached hydrogen (secondary N) is 1. The molecule has 2 rings (SSSR count). The van der Waals surface area contributed by atoms with Crippen molar-refractivity contribution in [3.63, 3.8) is 0 Å². The second kappa shape index (κ2) is 7.97. The minimum absolute atomic E-state index is 0.0752. The van der Waals surface area contributed by atoms with Crippen LogP contribution < -0.4 is 14.8 Å². The lowest BCUT2D eigenvalue weighted by Gasteiger charge is -2.62. The third-order valence-electron chi connectivity index (χ3n) is 6.22. The Balaban J connectivity index is 2.15. The molecule has 152 valence electrons. The Kier molecular flexibility index (Phi) is 6.30. The van der Waals surface area contributed by atoms with Crippen LogP contribution in [0.3, 0.4) is 0 Å². The fourth-order valence-electron chi connectivity index (χ4n) is 3.54. The van der Waals surface area contributed by atoms with Crippen molar-refractivity contribution < 1.29 is 9.47 Å². The van der Waals surface area contributed by atoms with Crippen LogP contribution in [0.2, 0.25) is 0 Å². The summed E-state index contributed by atoms with van der Waals surface area (Å²) < 4.78 is 10.8. The van der Waals surface area contributed by atoms with Crippen LogP contribution in [0.4, 0.5) is 0 Å². The van der Waals surface area contributed by atoms with Gasteiger partial charge in [0.2, 0.25) is 0 Å². The van der Waals surface area contributed by atoms with Gasteiger partial charge in [-0.25, -0.2) is 0 Å². The molecule has 1 aromatic rings. The maximum atomic E-state index is 5.47. The average Bonchev–Trinajstić information content (AvgIpc) is 2.63. The lowest BCUT2D eigenvalue weighted by molar-refractivity contribution is -0.0668. The lowest BCUT2D eigenvalue weighted by atomic mass is 9.65. The summed E-state index contributed by atoms with van der Waals surface area (Å²) in [4.78, 5) is 9.08. The molecule has 1 atom stereocenters. The van der Waals surface area contributed by atoms with Crippen LogP contribution in [0.5, 0.6) is 11.5 Å². The minimum Gasteiger partial charge on any atom is -0.493 e. The number of aliphatic imine (C=N–C) groups is 1.